The zero-order valence-corrected chi connectivity index (χ0v) is 10.9. The lowest BCUT2D eigenvalue weighted by Crippen LogP contribution is -2.13. The second-order valence-corrected chi connectivity index (χ2v) is 4.75. The van der Waals surface area contributed by atoms with Crippen molar-refractivity contribution in [2.45, 2.75) is 6.42 Å². The first-order chi connectivity index (χ1) is 10.3. The van der Waals surface area contributed by atoms with E-state index in [1.54, 1.807) is 0 Å². The SMILES string of the molecule is Nc1c(C2=Nc3ccccc3C2)nnc2cc(C=O)nn12. The minimum Gasteiger partial charge on any atom is -0.382 e. The van der Waals surface area contributed by atoms with Crippen LogP contribution in [0.25, 0.3) is 5.65 Å². The molecule has 0 fully saturated rings. The second kappa shape index (κ2) is 4.20. The van der Waals surface area contributed by atoms with Crippen molar-refractivity contribution >= 4 is 29.2 Å². The molecule has 102 valence electrons. The van der Waals surface area contributed by atoms with Crippen LogP contribution in [-0.2, 0) is 6.42 Å². The summed E-state index contributed by atoms with van der Waals surface area (Å²) in [5.74, 6) is 0.333. The van der Waals surface area contributed by atoms with Gasteiger partial charge in [-0.3, -0.25) is 9.79 Å². The minimum absolute atomic E-state index is 0.268. The summed E-state index contributed by atoms with van der Waals surface area (Å²) >= 11 is 0. The molecule has 0 saturated heterocycles. The number of aldehydes is 1. The Labute approximate surface area is 119 Å². The lowest BCUT2D eigenvalue weighted by molar-refractivity contribution is 0.111. The van der Waals surface area contributed by atoms with Gasteiger partial charge in [-0.25, -0.2) is 0 Å². The summed E-state index contributed by atoms with van der Waals surface area (Å²) in [5.41, 5.74) is 10.1. The summed E-state index contributed by atoms with van der Waals surface area (Å²) in [6.07, 6.45) is 1.30. The number of nitrogens with zero attached hydrogens (tertiary/aromatic N) is 5. The van der Waals surface area contributed by atoms with Crippen molar-refractivity contribution < 1.29 is 4.79 Å². The Hall–Kier alpha value is -3.09. The molecule has 1 aromatic carbocycles. The lowest BCUT2D eigenvalue weighted by atomic mass is 10.1. The summed E-state index contributed by atoms with van der Waals surface area (Å²) in [5, 5.41) is 12.3. The van der Waals surface area contributed by atoms with Crippen molar-refractivity contribution in [2.75, 3.05) is 5.73 Å². The number of benzene rings is 1. The van der Waals surface area contributed by atoms with E-state index < -0.39 is 0 Å². The maximum absolute atomic E-state index is 10.8. The highest BCUT2D eigenvalue weighted by molar-refractivity contribution is 6.07. The number of para-hydroxylation sites is 1. The molecule has 3 aromatic rings. The molecule has 2 aromatic heterocycles. The van der Waals surface area contributed by atoms with Gasteiger partial charge in [-0.05, 0) is 11.6 Å². The predicted molar refractivity (Wildman–Crippen MR) is 76.9 cm³/mol. The van der Waals surface area contributed by atoms with Crippen molar-refractivity contribution in [3.05, 3.63) is 47.3 Å². The molecule has 0 unspecified atom stereocenters. The number of nitrogens with two attached hydrogens (primary N) is 1. The summed E-state index contributed by atoms with van der Waals surface area (Å²) in [7, 11) is 0. The van der Waals surface area contributed by atoms with E-state index in [1.807, 2.05) is 24.3 Å². The number of aromatic nitrogens is 4. The van der Waals surface area contributed by atoms with Gasteiger partial charge in [0.2, 0.25) is 0 Å². The van der Waals surface area contributed by atoms with E-state index in [9.17, 15) is 4.79 Å². The summed E-state index contributed by atoms with van der Waals surface area (Å²) in [4.78, 5) is 15.3. The van der Waals surface area contributed by atoms with Crippen LogP contribution in [0.1, 0.15) is 21.7 Å². The van der Waals surface area contributed by atoms with Gasteiger partial charge in [0.1, 0.15) is 11.4 Å². The van der Waals surface area contributed by atoms with Crippen LogP contribution in [0.2, 0.25) is 0 Å². The van der Waals surface area contributed by atoms with Crippen LogP contribution in [0.5, 0.6) is 0 Å². The van der Waals surface area contributed by atoms with Gasteiger partial charge in [-0.2, -0.15) is 9.61 Å². The standard InChI is InChI=1S/C14H10N6O/c15-14-13(11-5-8-3-1-2-4-10(8)16-11)18-17-12-6-9(7-21)19-20(12)14/h1-4,6-7H,5,15H2. The summed E-state index contributed by atoms with van der Waals surface area (Å²) in [6.45, 7) is 0. The highest BCUT2D eigenvalue weighted by Gasteiger charge is 2.21. The Morgan fingerprint density at radius 3 is 2.90 bits per heavy atom. The molecule has 0 spiro atoms. The van der Waals surface area contributed by atoms with E-state index >= 15 is 0 Å². The van der Waals surface area contributed by atoms with Gasteiger partial charge in [0.15, 0.2) is 17.8 Å². The topological polar surface area (TPSA) is 98.5 Å². The van der Waals surface area contributed by atoms with Gasteiger partial charge in [0, 0.05) is 12.5 Å². The molecule has 7 nitrogen and oxygen atoms in total. The van der Waals surface area contributed by atoms with Gasteiger partial charge >= 0.3 is 0 Å². The average Bonchev–Trinajstić information content (AvgIpc) is 3.11. The first-order valence-corrected chi connectivity index (χ1v) is 6.39. The smallest absolute Gasteiger partial charge is 0.180 e. The number of fused-ring (bicyclic) bond motifs is 2. The van der Waals surface area contributed by atoms with Gasteiger partial charge in [-0.15, -0.1) is 10.2 Å². The number of hydrogen-bond acceptors (Lipinski definition) is 6. The van der Waals surface area contributed by atoms with E-state index in [0.717, 1.165) is 17.0 Å². The quantitative estimate of drug-likeness (QED) is 0.710. The van der Waals surface area contributed by atoms with Gasteiger partial charge in [-0.1, -0.05) is 18.2 Å². The molecule has 0 amide bonds. The molecule has 0 atom stereocenters. The van der Waals surface area contributed by atoms with E-state index in [-0.39, 0.29) is 5.69 Å². The third-order valence-electron chi connectivity index (χ3n) is 3.43. The fourth-order valence-electron chi connectivity index (χ4n) is 2.42. The van der Waals surface area contributed by atoms with E-state index in [0.29, 0.717) is 29.9 Å². The van der Waals surface area contributed by atoms with Gasteiger partial charge in [0.05, 0.1) is 11.4 Å². The Balaban J connectivity index is 1.85. The number of carbonyl (C=O) groups is 1. The molecule has 1 aliphatic rings. The molecule has 0 aliphatic carbocycles. The highest BCUT2D eigenvalue weighted by Crippen LogP contribution is 2.29. The van der Waals surface area contributed by atoms with Gasteiger partial charge in [0.25, 0.3) is 0 Å². The minimum atomic E-state index is 0.268. The molecule has 21 heavy (non-hydrogen) atoms. The van der Waals surface area contributed by atoms with Crippen molar-refractivity contribution in [1.29, 1.82) is 0 Å². The molecule has 0 bridgehead atoms. The second-order valence-electron chi connectivity index (χ2n) is 4.75. The molecule has 7 heteroatoms. The monoisotopic (exact) mass is 278 g/mol. The van der Waals surface area contributed by atoms with Crippen LogP contribution in [-0.4, -0.2) is 31.8 Å². The maximum atomic E-state index is 10.8. The number of hydrogen-bond donors (Lipinski definition) is 1. The van der Waals surface area contributed by atoms with Crippen molar-refractivity contribution in [3.63, 3.8) is 0 Å². The molecule has 0 radical (unpaired) electrons. The number of aliphatic imine (C=N–C) groups is 1. The Kier molecular flexibility index (Phi) is 2.34. The zero-order valence-electron chi connectivity index (χ0n) is 10.9. The number of rotatable bonds is 2. The molecular weight excluding hydrogens is 268 g/mol. The molecule has 4 rings (SSSR count). The van der Waals surface area contributed by atoms with Crippen LogP contribution < -0.4 is 5.73 Å². The van der Waals surface area contributed by atoms with Crippen LogP contribution in [0.4, 0.5) is 11.5 Å². The Bertz CT molecular complexity index is 911. The Morgan fingerprint density at radius 1 is 1.24 bits per heavy atom. The highest BCUT2D eigenvalue weighted by atomic mass is 16.1. The maximum Gasteiger partial charge on any atom is 0.180 e. The van der Waals surface area contributed by atoms with Crippen LogP contribution in [0.15, 0.2) is 35.3 Å². The van der Waals surface area contributed by atoms with Crippen LogP contribution in [0.3, 0.4) is 0 Å². The normalized spacial score (nSPS) is 13.2. The predicted octanol–water partition coefficient (Wildman–Crippen LogP) is 1.20. The molecule has 2 N–H and O–H groups in total. The van der Waals surface area contributed by atoms with E-state index in [4.69, 9.17) is 5.73 Å². The molecular formula is C14H10N6O. The summed E-state index contributed by atoms with van der Waals surface area (Å²) in [6, 6.07) is 9.41. The third-order valence-corrected chi connectivity index (χ3v) is 3.43. The fraction of sp³-hybridized carbons (Fsp3) is 0.0714. The van der Waals surface area contributed by atoms with Crippen molar-refractivity contribution in [2.24, 2.45) is 4.99 Å². The Morgan fingerprint density at radius 2 is 2.10 bits per heavy atom. The first kappa shape index (κ1) is 11.7. The number of anilines is 1. The first-order valence-electron chi connectivity index (χ1n) is 6.39. The fourth-order valence-corrected chi connectivity index (χ4v) is 2.42. The number of carbonyl (C=O) groups excluding carboxylic acids is 1. The zero-order chi connectivity index (χ0) is 14.4. The largest absolute Gasteiger partial charge is 0.382 e. The van der Waals surface area contributed by atoms with E-state index in [1.165, 1.54) is 10.6 Å². The summed E-state index contributed by atoms with van der Waals surface area (Å²) < 4.78 is 1.41. The van der Waals surface area contributed by atoms with Crippen LogP contribution in [0, 0.1) is 0 Å². The molecule has 3 heterocycles. The molecule has 1 aliphatic heterocycles. The van der Waals surface area contributed by atoms with Crippen LogP contribution >= 0.6 is 0 Å². The lowest BCUT2D eigenvalue weighted by Gasteiger charge is -2.04. The van der Waals surface area contributed by atoms with Crippen molar-refractivity contribution in [1.82, 2.24) is 19.8 Å². The molecule has 0 saturated carbocycles. The van der Waals surface area contributed by atoms with Gasteiger partial charge < -0.3 is 5.73 Å². The number of nitrogen functional groups attached to an aromatic ring is 1. The third kappa shape index (κ3) is 1.71. The van der Waals surface area contributed by atoms with Crippen molar-refractivity contribution in [3.8, 4) is 0 Å². The average molecular weight is 278 g/mol. The van der Waals surface area contributed by atoms with E-state index in [2.05, 4.69) is 20.3 Å².